The molecule has 0 atom stereocenters. The van der Waals surface area contributed by atoms with Crippen LogP contribution in [0.4, 0.5) is 0 Å². The average Bonchev–Trinajstić information content (AvgIpc) is 3.30. The van der Waals surface area contributed by atoms with E-state index in [4.69, 9.17) is 4.42 Å². The first-order valence-corrected chi connectivity index (χ1v) is 10.9. The summed E-state index contributed by atoms with van der Waals surface area (Å²) in [4.78, 5) is 13.2. The standard InChI is InChI=1S/C24H33NO2S/c1-7-17(5)23-18(6)22(12-11-19(26)8-2)28-24(23)21(14-16(3)4)25-15-20-10-9-13-27-20/h9-10,13-14,25H,7-8,11-12,15H2,1-6H3/b23-17?,24-21-. The van der Waals surface area contributed by atoms with Gasteiger partial charge in [0.25, 0.3) is 0 Å². The van der Waals surface area contributed by atoms with Crippen molar-refractivity contribution in [1.82, 2.24) is 5.32 Å². The number of aryl methyl sites for hydroxylation is 1. The minimum absolute atomic E-state index is 0.330. The number of nitrogens with one attached hydrogen (secondary N) is 1. The normalized spacial score (nSPS) is 13.2. The molecular weight excluding hydrogens is 366 g/mol. The molecule has 0 fully saturated rings. The van der Waals surface area contributed by atoms with Crippen LogP contribution in [-0.4, -0.2) is 5.78 Å². The Labute approximate surface area is 172 Å². The van der Waals surface area contributed by atoms with Crippen molar-refractivity contribution < 1.29 is 9.21 Å². The van der Waals surface area contributed by atoms with Gasteiger partial charge in [-0.1, -0.05) is 25.0 Å². The van der Waals surface area contributed by atoms with Gasteiger partial charge in [0.05, 0.1) is 23.0 Å². The van der Waals surface area contributed by atoms with Crippen molar-refractivity contribution >= 4 is 28.4 Å². The number of carbonyl (C=O) groups is 1. The van der Waals surface area contributed by atoms with E-state index in [1.165, 1.54) is 31.3 Å². The molecule has 3 nitrogen and oxygen atoms in total. The Kier molecular flexibility index (Phi) is 8.31. The smallest absolute Gasteiger partial charge is 0.132 e. The number of ketones is 1. The average molecular weight is 400 g/mol. The predicted molar refractivity (Wildman–Crippen MR) is 120 cm³/mol. The molecule has 2 aromatic rings. The first kappa shape index (κ1) is 22.2. The fourth-order valence-corrected chi connectivity index (χ4v) is 4.57. The van der Waals surface area contributed by atoms with Crippen LogP contribution in [-0.2, 0) is 17.8 Å². The number of rotatable bonds is 9. The van der Waals surface area contributed by atoms with Gasteiger partial charge in [0.2, 0.25) is 0 Å². The summed E-state index contributed by atoms with van der Waals surface area (Å²) in [7, 11) is 0. The lowest BCUT2D eigenvalue weighted by Gasteiger charge is -2.07. The van der Waals surface area contributed by atoms with Gasteiger partial charge in [-0.25, -0.2) is 0 Å². The maximum absolute atomic E-state index is 11.9. The Morgan fingerprint density at radius 2 is 1.96 bits per heavy atom. The van der Waals surface area contributed by atoms with Crippen molar-refractivity contribution in [3.63, 3.8) is 0 Å². The van der Waals surface area contributed by atoms with E-state index >= 15 is 0 Å². The first-order valence-electron chi connectivity index (χ1n) is 10.1. The van der Waals surface area contributed by atoms with Gasteiger partial charge in [0.15, 0.2) is 0 Å². The number of furan rings is 1. The summed E-state index contributed by atoms with van der Waals surface area (Å²) in [6, 6.07) is 3.90. The van der Waals surface area contributed by atoms with Crippen LogP contribution in [0, 0.1) is 6.92 Å². The number of carbonyl (C=O) groups excluding carboxylic acids is 1. The zero-order valence-corrected chi connectivity index (χ0v) is 18.9. The maximum atomic E-state index is 11.9. The fourth-order valence-electron chi connectivity index (χ4n) is 3.19. The van der Waals surface area contributed by atoms with Crippen LogP contribution >= 0.6 is 11.3 Å². The summed E-state index contributed by atoms with van der Waals surface area (Å²) >= 11 is 1.82. The highest BCUT2D eigenvalue weighted by Gasteiger charge is 2.12. The number of hydrogen-bond acceptors (Lipinski definition) is 4. The highest BCUT2D eigenvalue weighted by atomic mass is 32.1. The summed E-state index contributed by atoms with van der Waals surface area (Å²) in [5.41, 5.74) is 5.08. The fraction of sp³-hybridized carbons (Fsp3) is 0.458. The lowest BCUT2D eigenvalue weighted by Crippen LogP contribution is -2.30. The Bertz CT molecular complexity index is 942. The summed E-state index contributed by atoms with van der Waals surface area (Å²) in [6.07, 6.45) is 6.99. The zero-order chi connectivity index (χ0) is 20.7. The van der Waals surface area contributed by atoms with Crippen LogP contribution in [0.1, 0.15) is 70.1 Å². The molecule has 2 aromatic heterocycles. The van der Waals surface area contributed by atoms with Gasteiger partial charge in [0.1, 0.15) is 11.5 Å². The zero-order valence-electron chi connectivity index (χ0n) is 18.1. The van der Waals surface area contributed by atoms with Gasteiger partial charge < -0.3 is 9.73 Å². The van der Waals surface area contributed by atoms with E-state index in [0.29, 0.717) is 25.2 Å². The van der Waals surface area contributed by atoms with Gasteiger partial charge in [-0.15, -0.1) is 11.3 Å². The molecule has 0 aliphatic carbocycles. The van der Waals surface area contributed by atoms with Crippen LogP contribution < -0.4 is 15.1 Å². The van der Waals surface area contributed by atoms with Gasteiger partial charge in [-0.05, 0) is 69.5 Å². The number of Topliss-reactive ketones (excluding diaryl/α,β-unsaturated/α-hetero) is 1. The van der Waals surface area contributed by atoms with E-state index < -0.39 is 0 Å². The molecule has 0 aliphatic rings. The van der Waals surface area contributed by atoms with Crippen molar-refractivity contribution in [2.24, 2.45) is 0 Å². The number of hydrogen-bond donors (Lipinski definition) is 1. The third-order valence-corrected chi connectivity index (χ3v) is 6.32. The van der Waals surface area contributed by atoms with Crippen molar-refractivity contribution in [3.8, 4) is 0 Å². The lowest BCUT2D eigenvalue weighted by molar-refractivity contribution is -0.118. The van der Waals surface area contributed by atoms with Crippen molar-refractivity contribution in [1.29, 1.82) is 0 Å². The molecule has 152 valence electrons. The Morgan fingerprint density at radius 3 is 2.54 bits per heavy atom. The van der Waals surface area contributed by atoms with Gasteiger partial charge in [0, 0.05) is 17.7 Å². The lowest BCUT2D eigenvalue weighted by atomic mass is 10.1. The third kappa shape index (κ3) is 5.71. The molecule has 0 bridgehead atoms. The van der Waals surface area contributed by atoms with Gasteiger partial charge in [-0.2, -0.15) is 0 Å². The molecule has 28 heavy (non-hydrogen) atoms. The SMILES string of the molecule is CCC(=O)CCc1s/c(=C(/C=C(C)C)NCc2ccco2)c(=C(C)CC)c1C. The third-order valence-electron chi connectivity index (χ3n) is 4.94. The molecule has 0 unspecified atom stereocenters. The van der Waals surface area contributed by atoms with E-state index in [1.54, 1.807) is 6.26 Å². The summed E-state index contributed by atoms with van der Waals surface area (Å²) in [5.74, 6) is 1.25. The van der Waals surface area contributed by atoms with E-state index in [0.717, 1.165) is 24.3 Å². The van der Waals surface area contributed by atoms with Crippen LogP contribution in [0.5, 0.6) is 0 Å². The van der Waals surface area contributed by atoms with Crippen LogP contribution in [0.2, 0.25) is 0 Å². The summed E-state index contributed by atoms with van der Waals surface area (Å²) < 4.78 is 6.76. The van der Waals surface area contributed by atoms with E-state index in [1.807, 2.05) is 30.4 Å². The molecular formula is C24H33NO2S. The first-order chi connectivity index (χ1) is 13.4. The largest absolute Gasteiger partial charge is 0.467 e. The van der Waals surface area contributed by atoms with Crippen LogP contribution in [0.25, 0.3) is 11.3 Å². The molecule has 2 heterocycles. The van der Waals surface area contributed by atoms with Gasteiger partial charge >= 0.3 is 0 Å². The highest BCUT2D eigenvalue weighted by Crippen LogP contribution is 2.15. The predicted octanol–water partition coefficient (Wildman–Crippen LogP) is 5.01. The summed E-state index contributed by atoms with van der Waals surface area (Å²) in [6.45, 7) is 13.4. The molecule has 0 aromatic carbocycles. The van der Waals surface area contributed by atoms with Crippen LogP contribution in [0.15, 0.2) is 34.5 Å². The van der Waals surface area contributed by atoms with Crippen molar-refractivity contribution in [2.75, 3.05) is 0 Å². The molecule has 4 heteroatoms. The maximum Gasteiger partial charge on any atom is 0.132 e. The number of allylic oxidation sites excluding steroid dienone is 1. The van der Waals surface area contributed by atoms with Crippen molar-refractivity contribution in [3.05, 3.63) is 56.0 Å². The molecule has 2 rings (SSSR count). The molecule has 0 radical (unpaired) electrons. The minimum atomic E-state index is 0.330. The molecule has 0 spiro atoms. The minimum Gasteiger partial charge on any atom is -0.467 e. The Hall–Kier alpha value is -2.07. The molecule has 0 amide bonds. The molecule has 0 saturated heterocycles. The Morgan fingerprint density at radius 1 is 1.21 bits per heavy atom. The van der Waals surface area contributed by atoms with Crippen molar-refractivity contribution in [2.45, 2.75) is 73.8 Å². The second kappa shape index (κ2) is 10.5. The monoisotopic (exact) mass is 399 g/mol. The van der Waals surface area contributed by atoms with E-state index in [-0.39, 0.29) is 0 Å². The number of thiophene rings is 1. The van der Waals surface area contributed by atoms with Gasteiger partial charge in [-0.3, -0.25) is 4.79 Å². The van der Waals surface area contributed by atoms with E-state index in [2.05, 4.69) is 46.0 Å². The van der Waals surface area contributed by atoms with Crippen LogP contribution in [0.3, 0.4) is 0 Å². The Balaban J connectivity index is 2.61. The topological polar surface area (TPSA) is 42.2 Å². The molecule has 0 aliphatic heterocycles. The molecule has 1 N–H and O–H groups in total. The second-order valence-corrected chi connectivity index (χ2v) is 8.55. The second-order valence-electron chi connectivity index (χ2n) is 7.45. The summed E-state index contributed by atoms with van der Waals surface area (Å²) in [5, 5.41) is 4.92. The molecule has 0 saturated carbocycles. The quantitative estimate of drug-likeness (QED) is 0.645. The highest BCUT2D eigenvalue weighted by molar-refractivity contribution is 7.10. The van der Waals surface area contributed by atoms with E-state index in [9.17, 15) is 4.79 Å².